The molecule has 0 aliphatic carbocycles. The van der Waals surface area contributed by atoms with E-state index in [4.69, 9.17) is 16.3 Å². The van der Waals surface area contributed by atoms with Crippen molar-refractivity contribution in [1.29, 1.82) is 0 Å². The van der Waals surface area contributed by atoms with Crippen LogP contribution in [0.3, 0.4) is 0 Å². The Morgan fingerprint density at radius 2 is 2.16 bits per heavy atom. The van der Waals surface area contributed by atoms with Crippen molar-refractivity contribution < 1.29 is 4.74 Å². The van der Waals surface area contributed by atoms with Gasteiger partial charge in [-0.25, -0.2) is 14.5 Å². The van der Waals surface area contributed by atoms with Crippen molar-refractivity contribution in [1.82, 2.24) is 24.9 Å². The van der Waals surface area contributed by atoms with Crippen LogP contribution >= 0.6 is 11.6 Å². The molecular weight excluding hydrogens is 426 g/mol. The molecule has 2 bridgehead atoms. The number of nitrogens with one attached hydrogen (secondary N) is 2. The fraction of sp³-hybridized carbons (Fsp3) is 0.261. The zero-order valence-electron chi connectivity index (χ0n) is 17.5. The maximum atomic E-state index is 6.45. The smallest absolute Gasteiger partial charge is 0.227 e. The van der Waals surface area contributed by atoms with E-state index >= 15 is 0 Å². The summed E-state index contributed by atoms with van der Waals surface area (Å²) in [5, 5.41) is 11.7. The molecule has 2 atom stereocenters. The van der Waals surface area contributed by atoms with Crippen molar-refractivity contribution in [3.63, 3.8) is 0 Å². The molecule has 3 aromatic heterocycles. The van der Waals surface area contributed by atoms with Gasteiger partial charge >= 0.3 is 0 Å². The van der Waals surface area contributed by atoms with Crippen molar-refractivity contribution in [3.8, 4) is 17.0 Å². The number of piperazine rings is 1. The molecule has 2 fully saturated rings. The molecule has 5 heterocycles. The highest BCUT2D eigenvalue weighted by Crippen LogP contribution is 2.36. The number of methoxy groups -OCH3 is 1. The van der Waals surface area contributed by atoms with Gasteiger partial charge < -0.3 is 20.3 Å². The summed E-state index contributed by atoms with van der Waals surface area (Å²) in [6.07, 6.45) is 6.46. The fourth-order valence-electron chi connectivity index (χ4n) is 4.69. The second-order valence-electron chi connectivity index (χ2n) is 8.14. The highest BCUT2D eigenvalue weighted by atomic mass is 35.5. The average molecular weight is 448 g/mol. The molecule has 2 aliphatic heterocycles. The topological polar surface area (TPSA) is 79.6 Å². The summed E-state index contributed by atoms with van der Waals surface area (Å²) in [6.45, 7) is 2.07. The molecule has 2 aliphatic rings. The average Bonchev–Trinajstić information content (AvgIpc) is 3.56. The Morgan fingerprint density at radius 3 is 2.97 bits per heavy atom. The minimum atomic E-state index is 0.440. The van der Waals surface area contributed by atoms with E-state index in [1.807, 2.05) is 30.5 Å². The van der Waals surface area contributed by atoms with Crippen LogP contribution in [0.15, 0.2) is 55.0 Å². The van der Waals surface area contributed by atoms with E-state index in [0.717, 1.165) is 35.6 Å². The molecule has 0 spiro atoms. The fourth-order valence-corrected chi connectivity index (χ4v) is 4.89. The first-order valence-corrected chi connectivity index (χ1v) is 11.0. The molecule has 32 heavy (non-hydrogen) atoms. The zero-order chi connectivity index (χ0) is 21.7. The predicted octanol–water partition coefficient (Wildman–Crippen LogP) is 3.75. The lowest BCUT2D eigenvalue weighted by Crippen LogP contribution is -2.43. The third-order valence-corrected chi connectivity index (χ3v) is 6.52. The van der Waals surface area contributed by atoms with E-state index in [1.54, 1.807) is 24.0 Å². The molecule has 8 nitrogen and oxygen atoms in total. The summed E-state index contributed by atoms with van der Waals surface area (Å²) in [6, 6.07) is 13.2. The Morgan fingerprint density at radius 1 is 1.22 bits per heavy atom. The third kappa shape index (κ3) is 3.23. The number of hydrogen-bond donors (Lipinski definition) is 2. The molecule has 2 unspecified atom stereocenters. The molecule has 0 radical (unpaired) electrons. The summed E-state index contributed by atoms with van der Waals surface area (Å²) in [4.78, 5) is 11.5. The highest BCUT2D eigenvalue weighted by molar-refractivity contribution is 6.33. The Bertz CT molecular complexity index is 1310. The van der Waals surface area contributed by atoms with Crippen molar-refractivity contribution in [2.75, 3.05) is 30.4 Å². The van der Waals surface area contributed by atoms with Crippen LogP contribution in [-0.4, -0.2) is 51.9 Å². The number of anilines is 3. The van der Waals surface area contributed by atoms with Gasteiger partial charge in [-0.05, 0) is 30.7 Å². The van der Waals surface area contributed by atoms with Crippen molar-refractivity contribution in [3.05, 3.63) is 60.0 Å². The number of pyridine rings is 1. The monoisotopic (exact) mass is 447 g/mol. The van der Waals surface area contributed by atoms with Crippen LogP contribution in [-0.2, 0) is 0 Å². The van der Waals surface area contributed by atoms with Gasteiger partial charge in [0.1, 0.15) is 5.75 Å². The number of hydrogen-bond acceptors (Lipinski definition) is 7. The molecule has 0 saturated carbocycles. The van der Waals surface area contributed by atoms with E-state index in [-0.39, 0.29) is 0 Å². The van der Waals surface area contributed by atoms with Crippen LogP contribution in [0.2, 0.25) is 5.02 Å². The van der Waals surface area contributed by atoms with Gasteiger partial charge in [0.2, 0.25) is 5.95 Å². The van der Waals surface area contributed by atoms with Crippen LogP contribution in [0, 0.1) is 0 Å². The number of aromatic nitrogens is 4. The Hall–Kier alpha value is -3.36. The van der Waals surface area contributed by atoms with Gasteiger partial charge in [0.25, 0.3) is 0 Å². The second kappa shape index (κ2) is 7.65. The van der Waals surface area contributed by atoms with Crippen LogP contribution in [0.4, 0.5) is 17.3 Å². The summed E-state index contributed by atoms with van der Waals surface area (Å²) >= 11 is 6.45. The van der Waals surface area contributed by atoms with Gasteiger partial charge in [0.15, 0.2) is 0 Å². The largest absolute Gasteiger partial charge is 0.494 e. The normalized spacial score (nSPS) is 19.6. The predicted molar refractivity (Wildman–Crippen MR) is 125 cm³/mol. The quantitative estimate of drug-likeness (QED) is 0.482. The molecular formula is C23H22ClN7O. The van der Waals surface area contributed by atoms with Crippen LogP contribution < -0.4 is 20.3 Å². The Kier molecular flexibility index (Phi) is 4.62. The molecule has 6 rings (SSSR count). The summed E-state index contributed by atoms with van der Waals surface area (Å²) in [5.41, 5.74) is 4.37. The maximum Gasteiger partial charge on any atom is 0.227 e. The number of halogens is 1. The number of nitrogens with zero attached hydrogens (tertiary/aromatic N) is 5. The third-order valence-electron chi connectivity index (χ3n) is 6.25. The van der Waals surface area contributed by atoms with Crippen LogP contribution in [0.5, 0.6) is 5.75 Å². The zero-order valence-corrected chi connectivity index (χ0v) is 18.3. The standard InChI is InChI=1S/C23H22ClN7O/c1-32-21-9-15(30-13-14-8-16(30)10-25-14)5-6-19(21)28-23-26-12-18(24)22(29-23)17-11-27-31-7-3-2-4-20(17)31/h2-7,9,11-12,14,16,25H,8,10,13H2,1H3,(H,26,28,29). The van der Waals surface area contributed by atoms with Crippen LogP contribution in [0.25, 0.3) is 16.8 Å². The van der Waals surface area contributed by atoms with Gasteiger partial charge in [-0.3, -0.25) is 0 Å². The molecule has 2 saturated heterocycles. The van der Waals surface area contributed by atoms with E-state index in [9.17, 15) is 0 Å². The first-order valence-electron chi connectivity index (χ1n) is 10.6. The summed E-state index contributed by atoms with van der Waals surface area (Å²) in [7, 11) is 1.68. The lowest BCUT2D eigenvalue weighted by atomic mass is 10.2. The minimum Gasteiger partial charge on any atom is -0.494 e. The highest BCUT2D eigenvalue weighted by Gasteiger charge is 2.37. The lowest BCUT2D eigenvalue weighted by Gasteiger charge is -2.30. The SMILES string of the molecule is COc1cc(N2CC3CC2CN3)ccc1Nc1ncc(Cl)c(-c2cnn3ccccc23)n1. The number of fused-ring (bicyclic) bond motifs is 3. The lowest BCUT2D eigenvalue weighted by molar-refractivity contribution is 0.416. The number of benzene rings is 1. The van der Waals surface area contributed by atoms with Gasteiger partial charge in [-0.15, -0.1) is 0 Å². The molecule has 4 aromatic rings. The van der Waals surface area contributed by atoms with Crippen molar-refractivity contribution in [2.45, 2.75) is 18.5 Å². The molecule has 1 aromatic carbocycles. The van der Waals surface area contributed by atoms with E-state index < -0.39 is 0 Å². The first-order chi connectivity index (χ1) is 15.7. The number of ether oxygens (including phenoxy) is 1. The van der Waals surface area contributed by atoms with Crippen LogP contribution in [0.1, 0.15) is 6.42 Å². The van der Waals surface area contributed by atoms with E-state index in [1.165, 1.54) is 12.1 Å². The molecule has 0 amide bonds. The van der Waals surface area contributed by atoms with E-state index in [2.05, 4.69) is 42.7 Å². The van der Waals surface area contributed by atoms with Crippen molar-refractivity contribution >= 4 is 34.4 Å². The molecule has 162 valence electrons. The second-order valence-corrected chi connectivity index (χ2v) is 8.54. The van der Waals surface area contributed by atoms with Gasteiger partial charge in [0.05, 0.1) is 41.4 Å². The van der Waals surface area contributed by atoms with Gasteiger partial charge in [-0.2, -0.15) is 5.10 Å². The molecule has 2 N–H and O–H groups in total. The van der Waals surface area contributed by atoms with E-state index in [0.29, 0.717) is 28.7 Å². The maximum absolute atomic E-state index is 6.45. The van der Waals surface area contributed by atoms with Gasteiger partial charge in [-0.1, -0.05) is 17.7 Å². The first kappa shape index (κ1) is 19.3. The number of rotatable bonds is 5. The van der Waals surface area contributed by atoms with Gasteiger partial charge in [0, 0.05) is 48.7 Å². The minimum absolute atomic E-state index is 0.440. The van der Waals surface area contributed by atoms with Crippen molar-refractivity contribution in [2.24, 2.45) is 0 Å². The summed E-state index contributed by atoms with van der Waals surface area (Å²) in [5.74, 6) is 1.18. The Labute approximate surface area is 190 Å². The Balaban J connectivity index is 1.31. The molecule has 9 heteroatoms. The summed E-state index contributed by atoms with van der Waals surface area (Å²) < 4.78 is 7.48.